The fraction of sp³-hybridized carbons (Fsp3) is 0.769. The minimum atomic E-state index is -1.09. The van der Waals surface area contributed by atoms with E-state index in [0.717, 1.165) is 37.4 Å². The Morgan fingerprint density at radius 3 is 2.75 bits per heavy atom. The highest BCUT2D eigenvalue weighted by Gasteiger charge is 2.38. The van der Waals surface area contributed by atoms with Crippen molar-refractivity contribution in [3.8, 4) is 0 Å². The molecule has 2 atom stereocenters. The summed E-state index contributed by atoms with van der Waals surface area (Å²) in [5.74, 6) is -1.31. The van der Waals surface area contributed by atoms with E-state index in [1.54, 1.807) is 0 Å². The quantitative estimate of drug-likeness (QED) is 0.483. The molecule has 0 bridgehead atoms. The van der Waals surface area contributed by atoms with E-state index >= 15 is 0 Å². The first-order chi connectivity index (χ1) is 9.47. The van der Waals surface area contributed by atoms with E-state index in [-0.39, 0.29) is 24.0 Å². The van der Waals surface area contributed by atoms with Crippen LogP contribution in [0.25, 0.3) is 0 Å². The van der Waals surface area contributed by atoms with Gasteiger partial charge in [-0.15, -0.1) is 11.8 Å². The van der Waals surface area contributed by atoms with E-state index in [0.29, 0.717) is 6.54 Å². The SMILES string of the molecule is CCCCCCN1C(=O)CC(SCC(N)C(=O)O)C1=O. The zero-order valence-electron chi connectivity index (χ0n) is 11.7. The van der Waals surface area contributed by atoms with Crippen molar-refractivity contribution in [3.63, 3.8) is 0 Å². The van der Waals surface area contributed by atoms with Crippen molar-refractivity contribution in [3.05, 3.63) is 0 Å². The highest BCUT2D eigenvalue weighted by molar-refractivity contribution is 8.00. The third-order valence-corrected chi connectivity index (χ3v) is 4.55. The second kappa shape index (κ2) is 8.26. The van der Waals surface area contributed by atoms with E-state index in [9.17, 15) is 14.4 Å². The number of amides is 2. The van der Waals surface area contributed by atoms with Gasteiger partial charge in [-0.25, -0.2) is 0 Å². The summed E-state index contributed by atoms with van der Waals surface area (Å²) in [6.07, 6.45) is 4.20. The van der Waals surface area contributed by atoms with Crippen molar-refractivity contribution in [2.24, 2.45) is 5.73 Å². The number of nitrogens with zero attached hydrogens (tertiary/aromatic N) is 1. The topological polar surface area (TPSA) is 101 Å². The van der Waals surface area contributed by atoms with Crippen LogP contribution in [-0.4, -0.2) is 51.4 Å². The number of carbonyl (C=O) groups is 3. The molecule has 0 aromatic carbocycles. The Morgan fingerprint density at radius 1 is 1.45 bits per heavy atom. The van der Waals surface area contributed by atoms with Crippen LogP contribution in [0.2, 0.25) is 0 Å². The maximum atomic E-state index is 12.1. The maximum Gasteiger partial charge on any atom is 0.321 e. The monoisotopic (exact) mass is 302 g/mol. The smallest absolute Gasteiger partial charge is 0.321 e. The van der Waals surface area contributed by atoms with Gasteiger partial charge in [-0.05, 0) is 6.42 Å². The van der Waals surface area contributed by atoms with Crippen molar-refractivity contribution in [2.45, 2.75) is 50.3 Å². The molecule has 1 aliphatic heterocycles. The van der Waals surface area contributed by atoms with Gasteiger partial charge in [-0.2, -0.15) is 0 Å². The zero-order chi connectivity index (χ0) is 15.1. The van der Waals surface area contributed by atoms with E-state index in [2.05, 4.69) is 6.92 Å². The minimum Gasteiger partial charge on any atom is -0.480 e. The summed E-state index contributed by atoms with van der Waals surface area (Å²) in [6.45, 7) is 2.57. The second-order valence-corrected chi connectivity index (χ2v) is 6.15. The van der Waals surface area contributed by atoms with Crippen LogP contribution in [0.3, 0.4) is 0 Å². The molecule has 3 N–H and O–H groups in total. The fourth-order valence-electron chi connectivity index (χ4n) is 2.01. The molecule has 6 nitrogen and oxygen atoms in total. The number of likely N-dealkylation sites (tertiary alicyclic amines) is 1. The van der Waals surface area contributed by atoms with Crippen LogP contribution in [0, 0.1) is 0 Å². The summed E-state index contributed by atoms with van der Waals surface area (Å²) >= 11 is 1.16. The van der Waals surface area contributed by atoms with Crippen molar-refractivity contribution >= 4 is 29.5 Å². The summed E-state index contributed by atoms with van der Waals surface area (Å²) < 4.78 is 0. The number of nitrogens with two attached hydrogens (primary N) is 1. The van der Waals surface area contributed by atoms with Gasteiger partial charge >= 0.3 is 5.97 Å². The molecule has 0 aromatic rings. The molecule has 0 saturated carbocycles. The van der Waals surface area contributed by atoms with Crippen molar-refractivity contribution in [1.29, 1.82) is 0 Å². The maximum absolute atomic E-state index is 12.1. The summed E-state index contributed by atoms with van der Waals surface area (Å²) in [4.78, 5) is 35.8. The highest BCUT2D eigenvalue weighted by Crippen LogP contribution is 2.25. The van der Waals surface area contributed by atoms with E-state index < -0.39 is 17.3 Å². The van der Waals surface area contributed by atoms with Gasteiger partial charge in [-0.1, -0.05) is 26.2 Å². The van der Waals surface area contributed by atoms with Gasteiger partial charge in [0, 0.05) is 18.7 Å². The lowest BCUT2D eigenvalue weighted by Crippen LogP contribution is -2.35. The van der Waals surface area contributed by atoms with Crippen LogP contribution < -0.4 is 5.73 Å². The van der Waals surface area contributed by atoms with Gasteiger partial charge in [0.05, 0.1) is 5.25 Å². The van der Waals surface area contributed by atoms with Gasteiger partial charge in [0.15, 0.2) is 0 Å². The lowest BCUT2D eigenvalue weighted by molar-refractivity contribution is -0.139. The van der Waals surface area contributed by atoms with E-state index in [1.165, 1.54) is 4.90 Å². The Labute approximate surface area is 123 Å². The molecule has 0 aromatic heterocycles. The molecule has 7 heteroatoms. The number of carboxylic acid groups (broad SMARTS) is 1. The number of imide groups is 1. The molecule has 0 spiro atoms. The molecule has 114 valence electrons. The number of aliphatic carboxylic acids is 1. The molecule has 1 fully saturated rings. The van der Waals surface area contributed by atoms with Crippen LogP contribution in [0.1, 0.15) is 39.0 Å². The van der Waals surface area contributed by atoms with Crippen molar-refractivity contribution in [2.75, 3.05) is 12.3 Å². The molecular formula is C13H22N2O4S. The number of carbonyl (C=O) groups excluding carboxylic acids is 2. The molecule has 2 amide bonds. The first-order valence-electron chi connectivity index (χ1n) is 6.91. The van der Waals surface area contributed by atoms with Crippen molar-refractivity contribution < 1.29 is 19.5 Å². The predicted octanol–water partition coefficient (Wildman–Crippen LogP) is 0.839. The van der Waals surface area contributed by atoms with Gasteiger partial charge in [-0.3, -0.25) is 19.3 Å². The molecule has 0 aliphatic carbocycles. The minimum absolute atomic E-state index is 0.142. The van der Waals surface area contributed by atoms with Gasteiger partial charge in [0.1, 0.15) is 6.04 Å². The fourth-order valence-corrected chi connectivity index (χ4v) is 3.12. The number of unbranched alkanes of at least 4 members (excludes halogenated alkanes) is 3. The second-order valence-electron chi connectivity index (χ2n) is 4.92. The summed E-state index contributed by atoms with van der Waals surface area (Å²) in [6, 6.07) is -0.999. The first kappa shape index (κ1) is 17.0. The number of hydrogen-bond acceptors (Lipinski definition) is 5. The third kappa shape index (κ3) is 4.79. The number of thioether (sulfide) groups is 1. The third-order valence-electron chi connectivity index (χ3n) is 3.23. The summed E-state index contributed by atoms with van der Waals surface area (Å²) in [5, 5.41) is 8.22. The average molecular weight is 302 g/mol. The van der Waals surface area contributed by atoms with Crippen LogP contribution >= 0.6 is 11.8 Å². The van der Waals surface area contributed by atoms with E-state index in [1.807, 2.05) is 0 Å². The first-order valence-corrected chi connectivity index (χ1v) is 7.96. The van der Waals surface area contributed by atoms with Gasteiger partial charge < -0.3 is 10.8 Å². The number of hydrogen-bond donors (Lipinski definition) is 2. The molecular weight excluding hydrogens is 280 g/mol. The molecule has 20 heavy (non-hydrogen) atoms. The molecule has 2 unspecified atom stereocenters. The molecule has 1 aliphatic rings. The lowest BCUT2D eigenvalue weighted by atomic mass is 10.2. The van der Waals surface area contributed by atoms with Gasteiger partial charge in [0.25, 0.3) is 0 Å². The normalized spacial score (nSPS) is 20.5. The molecule has 1 rings (SSSR count). The molecule has 1 heterocycles. The number of rotatable bonds is 9. The highest BCUT2D eigenvalue weighted by atomic mass is 32.2. The Morgan fingerprint density at radius 2 is 2.15 bits per heavy atom. The average Bonchev–Trinajstić information content (AvgIpc) is 2.67. The largest absolute Gasteiger partial charge is 0.480 e. The summed E-state index contributed by atoms with van der Waals surface area (Å²) in [7, 11) is 0. The predicted molar refractivity (Wildman–Crippen MR) is 77.3 cm³/mol. The molecule has 0 radical (unpaired) electrons. The van der Waals surface area contributed by atoms with E-state index in [4.69, 9.17) is 10.8 Å². The Bertz CT molecular complexity index is 375. The van der Waals surface area contributed by atoms with Crippen molar-refractivity contribution in [1.82, 2.24) is 4.90 Å². The van der Waals surface area contributed by atoms with Gasteiger partial charge in [0.2, 0.25) is 11.8 Å². The molecule has 1 saturated heterocycles. The Kier molecular flexibility index (Phi) is 7.01. The van der Waals surface area contributed by atoms with Crippen LogP contribution in [0.5, 0.6) is 0 Å². The van der Waals surface area contributed by atoms with Crippen LogP contribution in [-0.2, 0) is 14.4 Å². The summed E-state index contributed by atoms with van der Waals surface area (Å²) in [5.41, 5.74) is 5.39. The standard InChI is InChI=1S/C13H22N2O4S/c1-2-3-4-5-6-15-11(16)7-10(12(15)17)20-8-9(14)13(18)19/h9-10H,2-8,14H2,1H3,(H,18,19). The lowest BCUT2D eigenvalue weighted by Gasteiger charge is -2.15. The Balaban J connectivity index is 2.39. The Hall–Kier alpha value is -1.08. The number of carboxylic acids is 1. The zero-order valence-corrected chi connectivity index (χ0v) is 12.5. The van der Waals surface area contributed by atoms with Crippen LogP contribution in [0.15, 0.2) is 0 Å². The van der Waals surface area contributed by atoms with Crippen LogP contribution in [0.4, 0.5) is 0 Å².